The molecular weight excluding hydrogens is 280 g/mol. The Morgan fingerprint density at radius 3 is 2.85 bits per heavy atom. The largest absolute Gasteiger partial charge is 0.479 e. The van der Waals surface area contributed by atoms with E-state index in [4.69, 9.17) is 5.11 Å². The summed E-state index contributed by atoms with van der Waals surface area (Å²) < 4.78 is 0. The quantitative estimate of drug-likeness (QED) is 0.767. The Balaban J connectivity index is 1.91. The number of rotatable bonds is 5. The summed E-state index contributed by atoms with van der Waals surface area (Å²) in [5.74, 6) is -1.11. The standard InChI is InChI=1S/C12H12N4O3S/c17-11(18)10(9-2-1-5-20-9)16-12(19)14-6-8-3-4-13-7-15-8/h1-5,7,10H,6H2,(H,17,18)(H2,14,16,19). The van der Waals surface area contributed by atoms with Gasteiger partial charge in [-0.2, -0.15) is 0 Å². The Kier molecular flexibility index (Phi) is 4.61. The lowest BCUT2D eigenvalue weighted by Crippen LogP contribution is -2.40. The Morgan fingerprint density at radius 2 is 2.25 bits per heavy atom. The van der Waals surface area contributed by atoms with Crippen LogP contribution in [0.2, 0.25) is 0 Å². The van der Waals surface area contributed by atoms with Crippen LogP contribution in [0.15, 0.2) is 36.1 Å². The molecule has 0 bridgehead atoms. The molecule has 0 spiro atoms. The van der Waals surface area contributed by atoms with Gasteiger partial charge in [0.25, 0.3) is 0 Å². The molecule has 3 N–H and O–H groups in total. The van der Waals surface area contributed by atoms with Crippen molar-refractivity contribution in [2.24, 2.45) is 0 Å². The molecule has 2 rings (SSSR count). The van der Waals surface area contributed by atoms with Gasteiger partial charge in [-0.25, -0.2) is 19.6 Å². The highest BCUT2D eigenvalue weighted by Gasteiger charge is 2.22. The molecule has 1 atom stereocenters. The molecule has 0 aliphatic heterocycles. The number of carboxylic acid groups (broad SMARTS) is 1. The van der Waals surface area contributed by atoms with E-state index in [1.165, 1.54) is 17.7 Å². The average Bonchev–Trinajstić information content (AvgIpc) is 2.97. The van der Waals surface area contributed by atoms with Crippen molar-refractivity contribution in [2.45, 2.75) is 12.6 Å². The minimum Gasteiger partial charge on any atom is -0.479 e. The number of thiophene rings is 1. The average molecular weight is 292 g/mol. The second kappa shape index (κ2) is 6.62. The fourth-order valence-electron chi connectivity index (χ4n) is 1.49. The lowest BCUT2D eigenvalue weighted by Gasteiger charge is -2.13. The second-order valence-corrected chi connectivity index (χ2v) is 4.79. The minimum absolute atomic E-state index is 0.200. The molecular formula is C12H12N4O3S. The molecule has 20 heavy (non-hydrogen) atoms. The SMILES string of the molecule is O=C(NCc1ccncn1)NC(C(=O)O)c1cccs1. The van der Waals surface area contributed by atoms with Gasteiger partial charge in [-0.1, -0.05) is 6.07 Å². The lowest BCUT2D eigenvalue weighted by molar-refractivity contribution is -0.139. The fourth-order valence-corrected chi connectivity index (χ4v) is 2.25. The normalized spacial score (nSPS) is 11.6. The van der Waals surface area contributed by atoms with Gasteiger partial charge in [0.05, 0.1) is 12.2 Å². The van der Waals surface area contributed by atoms with Gasteiger partial charge >= 0.3 is 12.0 Å². The third kappa shape index (κ3) is 3.75. The zero-order valence-corrected chi connectivity index (χ0v) is 11.1. The first kappa shape index (κ1) is 13.9. The van der Waals surface area contributed by atoms with Gasteiger partial charge in [0.15, 0.2) is 6.04 Å². The fraction of sp³-hybridized carbons (Fsp3) is 0.167. The molecule has 1 unspecified atom stereocenters. The van der Waals surface area contributed by atoms with Gasteiger partial charge in [0.2, 0.25) is 0 Å². The number of carbonyl (C=O) groups excluding carboxylic acids is 1. The van der Waals surface area contributed by atoms with Crippen molar-refractivity contribution in [2.75, 3.05) is 0 Å². The van der Waals surface area contributed by atoms with Gasteiger partial charge < -0.3 is 15.7 Å². The number of hydrogen-bond donors (Lipinski definition) is 3. The van der Waals surface area contributed by atoms with Crippen LogP contribution in [0.4, 0.5) is 4.79 Å². The van der Waals surface area contributed by atoms with Crippen LogP contribution in [0, 0.1) is 0 Å². The summed E-state index contributed by atoms with van der Waals surface area (Å²) in [5, 5.41) is 15.8. The first-order valence-electron chi connectivity index (χ1n) is 5.72. The number of nitrogens with zero attached hydrogens (tertiary/aromatic N) is 2. The third-order valence-electron chi connectivity index (χ3n) is 2.42. The zero-order valence-electron chi connectivity index (χ0n) is 10.3. The van der Waals surface area contributed by atoms with Crippen molar-refractivity contribution < 1.29 is 14.7 Å². The molecule has 2 heterocycles. The van der Waals surface area contributed by atoms with Crippen LogP contribution in [-0.2, 0) is 11.3 Å². The van der Waals surface area contributed by atoms with Gasteiger partial charge in [0, 0.05) is 11.1 Å². The van der Waals surface area contributed by atoms with Crippen molar-refractivity contribution in [3.8, 4) is 0 Å². The van der Waals surface area contributed by atoms with Gasteiger partial charge in [-0.05, 0) is 17.5 Å². The molecule has 0 aliphatic carbocycles. The van der Waals surface area contributed by atoms with E-state index in [1.54, 1.807) is 29.8 Å². The van der Waals surface area contributed by atoms with E-state index >= 15 is 0 Å². The summed E-state index contributed by atoms with van der Waals surface area (Å²) in [5.41, 5.74) is 0.637. The van der Waals surface area contributed by atoms with E-state index in [1.807, 2.05) is 0 Å². The molecule has 0 fully saturated rings. The number of carboxylic acids is 1. The highest BCUT2D eigenvalue weighted by atomic mass is 32.1. The third-order valence-corrected chi connectivity index (χ3v) is 3.36. The van der Waals surface area contributed by atoms with Crippen LogP contribution in [0.1, 0.15) is 16.6 Å². The summed E-state index contributed by atoms with van der Waals surface area (Å²) in [7, 11) is 0. The van der Waals surface area contributed by atoms with Crippen molar-refractivity contribution >= 4 is 23.3 Å². The Bertz CT molecular complexity index is 574. The molecule has 2 aromatic heterocycles. The topological polar surface area (TPSA) is 104 Å². The molecule has 104 valence electrons. The number of carbonyl (C=O) groups is 2. The predicted octanol–water partition coefficient (Wildman–Crippen LogP) is 1.16. The van der Waals surface area contributed by atoms with Crippen LogP contribution in [-0.4, -0.2) is 27.1 Å². The summed E-state index contributed by atoms with van der Waals surface area (Å²) in [6.07, 6.45) is 2.94. The predicted molar refractivity (Wildman–Crippen MR) is 72.1 cm³/mol. The van der Waals surface area contributed by atoms with E-state index < -0.39 is 18.0 Å². The van der Waals surface area contributed by atoms with E-state index in [0.29, 0.717) is 10.6 Å². The second-order valence-electron chi connectivity index (χ2n) is 3.81. The van der Waals surface area contributed by atoms with Crippen LogP contribution in [0.25, 0.3) is 0 Å². The van der Waals surface area contributed by atoms with Crippen LogP contribution in [0.3, 0.4) is 0 Å². The van der Waals surface area contributed by atoms with Crippen LogP contribution < -0.4 is 10.6 Å². The number of hydrogen-bond acceptors (Lipinski definition) is 5. The molecule has 0 radical (unpaired) electrons. The first-order valence-corrected chi connectivity index (χ1v) is 6.60. The van der Waals surface area contributed by atoms with Crippen molar-refractivity contribution in [1.82, 2.24) is 20.6 Å². The number of urea groups is 1. The Morgan fingerprint density at radius 1 is 1.40 bits per heavy atom. The van der Waals surface area contributed by atoms with E-state index in [2.05, 4.69) is 20.6 Å². The highest BCUT2D eigenvalue weighted by molar-refractivity contribution is 7.10. The molecule has 0 saturated heterocycles. The van der Waals surface area contributed by atoms with Crippen LogP contribution in [0.5, 0.6) is 0 Å². The summed E-state index contributed by atoms with van der Waals surface area (Å²) in [6, 6.07) is 3.43. The number of amides is 2. The molecule has 8 heteroatoms. The van der Waals surface area contributed by atoms with E-state index in [-0.39, 0.29) is 6.54 Å². The number of aromatic nitrogens is 2. The smallest absolute Gasteiger partial charge is 0.331 e. The molecule has 2 amide bonds. The van der Waals surface area contributed by atoms with Gasteiger partial charge in [-0.15, -0.1) is 11.3 Å². The van der Waals surface area contributed by atoms with Crippen molar-refractivity contribution in [3.05, 3.63) is 46.7 Å². The summed E-state index contributed by atoms with van der Waals surface area (Å²) in [4.78, 5) is 31.1. The highest BCUT2D eigenvalue weighted by Crippen LogP contribution is 2.18. The number of nitrogens with one attached hydrogen (secondary N) is 2. The van der Waals surface area contributed by atoms with E-state index in [9.17, 15) is 9.59 Å². The molecule has 0 saturated carbocycles. The minimum atomic E-state index is -1.11. The zero-order chi connectivity index (χ0) is 14.4. The maximum atomic E-state index is 11.7. The number of aliphatic carboxylic acids is 1. The molecule has 2 aromatic rings. The Labute approximate surface area is 118 Å². The van der Waals surface area contributed by atoms with Gasteiger partial charge in [-0.3, -0.25) is 0 Å². The van der Waals surface area contributed by atoms with E-state index in [0.717, 1.165) is 0 Å². The molecule has 0 aliphatic rings. The summed E-state index contributed by atoms with van der Waals surface area (Å²) >= 11 is 1.27. The molecule has 0 aromatic carbocycles. The maximum Gasteiger partial charge on any atom is 0.331 e. The monoisotopic (exact) mass is 292 g/mol. The van der Waals surface area contributed by atoms with Crippen molar-refractivity contribution in [3.63, 3.8) is 0 Å². The summed E-state index contributed by atoms with van der Waals surface area (Å²) in [6.45, 7) is 0.200. The lowest BCUT2D eigenvalue weighted by atomic mass is 10.2. The van der Waals surface area contributed by atoms with Crippen molar-refractivity contribution in [1.29, 1.82) is 0 Å². The first-order chi connectivity index (χ1) is 9.66. The van der Waals surface area contributed by atoms with Gasteiger partial charge in [0.1, 0.15) is 6.33 Å². The Hall–Kier alpha value is -2.48. The molecule has 7 nitrogen and oxygen atoms in total. The van der Waals surface area contributed by atoms with Crippen LogP contribution >= 0.6 is 11.3 Å². The maximum absolute atomic E-state index is 11.7.